The van der Waals surface area contributed by atoms with Gasteiger partial charge in [-0.25, -0.2) is 4.79 Å². The second kappa shape index (κ2) is 2.72. The van der Waals surface area contributed by atoms with E-state index in [1.165, 1.54) is 6.20 Å². The summed E-state index contributed by atoms with van der Waals surface area (Å²) >= 11 is 2.98. The first-order valence-corrected chi connectivity index (χ1v) is 3.33. The minimum Gasteiger partial charge on any atom is -0.463 e. The lowest BCUT2D eigenvalue weighted by atomic mass is 10.5. The molecule has 1 aromatic heterocycles. The van der Waals surface area contributed by atoms with Gasteiger partial charge in [-0.05, 0) is 15.9 Å². The zero-order chi connectivity index (χ0) is 8.43. The predicted octanol–water partition coefficient (Wildman–Crippen LogP) is 1.04. The summed E-state index contributed by atoms with van der Waals surface area (Å²) in [7, 11) is 0. The molecular weight excluding hydrogens is 214 g/mol. The summed E-state index contributed by atoms with van der Waals surface area (Å²) in [5.74, 6) is 0. The van der Waals surface area contributed by atoms with Gasteiger partial charge in [-0.1, -0.05) is 0 Å². The summed E-state index contributed by atoms with van der Waals surface area (Å²) in [6.45, 7) is 0. The van der Waals surface area contributed by atoms with E-state index in [9.17, 15) is 4.79 Å². The van der Waals surface area contributed by atoms with Crippen molar-refractivity contribution in [1.29, 1.82) is 5.26 Å². The number of nitrogens with zero attached hydrogens (tertiary/aromatic N) is 3. The van der Waals surface area contributed by atoms with Gasteiger partial charge in [-0.3, -0.25) is 0 Å². The second-order valence-electron chi connectivity index (χ2n) is 1.66. The van der Waals surface area contributed by atoms with Crippen molar-refractivity contribution in [3.63, 3.8) is 0 Å². The van der Waals surface area contributed by atoms with Crippen molar-refractivity contribution in [3.8, 4) is 6.07 Å². The fraction of sp³-hybridized carbons (Fsp3) is 0. The highest BCUT2D eigenvalue weighted by Gasteiger charge is 2.08. The Bertz CT molecular complexity index is 338. The van der Waals surface area contributed by atoms with Crippen LogP contribution in [0.3, 0.4) is 0 Å². The van der Waals surface area contributed by atoms with Gasteiger partial charge < -0.3 is 5.11 Å². The molecule has 0 amide bonds. The van der Waals surface area contributed by atoms with Gasteiger partial charge in [0.15, 0.2) is 5.69 Å². The van der Waals surface area contributed by atoms with Crippen molar-refractivity contribution in [2.45, 2.75) is 0 Å². The maximum absolute atomic E-state index is 10.3. The van der Waals surface area contributed by atoms with E-state index in [1.54, 1.807) is 6.07 Å². The molecule has 1 heterocycles. The Kier molecular flexibility index (Phi) is 1.92. The molecule has 11 heavy (non-hydrogen) atoms. The van der Waals surface area contributed by atoms with E-state index >= 15 is 0 Å². The lowest BCUT2D eigenvalue weighted by Crippen LogP contribution is -2.07. The van der Waals surface area contributed by atoms with E-state index in [0.29, 0.717) is 9.15 Å². The molecule has 1 aromatic rings. The molecule has 6 heteroatoms. The van der Waals surface area contributed by atoms with E-state index in [1.807, 2.05) is 0 Å². The fourth-order valence-electron chi connectivity index (χ4n) is 0.527. The lowest BCUT2D eigenvalue weighted by Gasteiger charge is -1.85. The van der Waals surface area contributed by atoms with Crippen LogP contribution in [0, 0.1) is 11.3 Å². The van der Waals surface area contributed by atoms with E-state index in [4.69, 9.17) is 10.4 Å². The number of hydrogen-bond donors (Lipinski definition) is 1. The molecule has 5 nitrogen and oxygen atoms in total. The molecule has 1 rings (SSSR count). The number of hydrogen-bond acceptors (Lipinski definition) is 3. The number of aromatic nitrogens is 2. The van der Waals surface area contributed by atoms with Crippen LogP contribution >= 0.6 is 15.9 Å². The van der Waals surface area contributed by atoms with Crippen LogP contribution in [0.4, 0.5) is 4.79 Å². The molecule has 56 valence electrons. The summed E-state index contributed by atoms with van der Waals surface area (Å²) in [5.41, 5.74) is 0.0624. The van der Waals surface area contributed by atoms with Crippen LogP contribution in [0.15, 0.2) is 10.7 Å². The number of nitriles is 1. The normalized spacial score (nSPS) is 9.09. The number of halogens is 1. The molecule has 0 unspecified atom stereocenters. The Labute approximate surface area is 70.0 Å². The summed E-state index contributed by atoms with van der Waals surface area (Å²) in [6.07, 6.45) is -0.00634. The van der Waals surface area contributed by atoms with Crippen LogP contribution in [-0.4, -0.2) is 21.0 Å². The quantitative estimate of drug-likeness (QED) is 0.702. The van der Waals surface area contributed by atoms with Gasteiger partial charge in [0.25, 0.3) is 0 Å². The highest BCUT2D eigenvalue weighted by Crippen LogP contribution is 2.12. The Morgan fingerprint density at radius 3 is 2.82 bits per heavy atom. The largest absolute Gasteiger partial charge is 0.463 e. The molecule has 0 fully saturated rings. The first kappa shape index (κ1) is 7.75. The van der Waals surface area contributed by atoms with Crippen LogP contribution in [0.25, 0.3) is 0 Å². The van der Waals surface area contributed by atoms with Crippen LogP contribution in [0.5, 0.6) is 0 Å². The number of carbonyl (C=O) groups is 1. The summed E-state index contributed by atoms with van der Waals surface area (Å²) < 4.78 is 1.05. The van der Waals surface area contributed by atoms with Crippen molar-refractivity contribution in [1.82, 2.24) is 9.78 Å². The molecule has 0 saturated carbocycles. The van der Waals surface area contributed by atoms with Crippen LogP contribution in [0.1, 0.15) is 5.69 Å². The zero-order valence-electron chi connectivity index (χ0n) is 5.15. The SMILES string of the molecule is N#Cc1nn(C(=O)O)cc1Br. The third-order valence-electron chi connectivity index (χ3n) is 0.971. The van der Waals surface area contributed by atoms with Gasteiger partial charge in [-0.2, -0.15) is 15.0 Å². The van der Waals surface area contributed by atoms with Crippen molar-refractivity contribution in [2.75, 3.05) is 0 Å². The molecule has 0 aromatic carbocycles. The third kappa shape index (κ3) is 1.38. The van der Waals surface area contributed by atoms with Gasteiger partial charge in [0.05, 0.1) is 10.7 Å². The molecule has 0 saturated heterocycles. The second-order valence-corrected chi connectivity index (χ2v) is 2.52. The maximum Gasteiger partial charge on any atom is 0.432 e. The van der Waals surface area contributed by atoms with Gasteiger partial charge in [0, 0.05) is 0 Å². The first-order chi connectivity index (χ1) is 5.15. The minimum atomic E-state index is -1.22. The molecule has 0 radical (unpaired) electrons. The number of rotatable bonds is 0. The molecule has 0 aliphatic carbocycles. The van der Waals surface area contributed by atoms with Crippen LogP contribution in [-0.2, 0) is 0 Å². The Hall–Kier alpha value is -1.35. The first-order valence-electron chi connectivity index (χ1n) is 2.53. The standard InChI is InChI=1S/C5H2BrN3O2/c6-3-2-9(5(10)11)8-4(3)1-7/h2H,(H,10,11). The van der Waals surface area contributed by atoms with Gasteiger partial charge in [-0.15, -0.1) is 0 Å². The fourth-order valence-corrected chi connectivity index (χ4v) is 0.889. The van der Waals surface area contributed by atoms with Gasteiger partial charge in [0.1, 0.15) is 6.07 Å². The molecule has 0 aliphatic rings. The van der Waals surface area contributed by atoms with Crippen molar-refractivity contribution >= 4 is 22.0 Å². The number of carboxylic acid groups (broad SMARTS) is 1. The summed E-state index contributed by atoms with van der Waals surface area (Å²) in [5, 5.41) is 20.2. The topological polar surface area (TPSA) is 78.9 Å². The highest BCUT2D eigenvalue weighted by atomic mass is 79.9. The summed E-state index contributed by atoms with van der Waals surface area (Å²) in [6, 6.07) is 1.73. The van der Waals surface area contributed by atoms with Crippen LogP contribution < -0.4 is 0 Å². The predicted molar refractivity (Wildman–Crippen MR) is 38.1 cm³/mol. The van der Waals surface area contributed by atoms with Crippen molar-refractivity contribution in [2.24, 2.45) is 0 Å². The third-order valence-corrected chi connectivity index (χ3v) is 1.55. The van der Waals surface area contributed by atoms with E-state index in [0.717, 1.165) is 0 Å². The lowest BCUT2D eigenvalue weighted by molar-refractivity contribution is 0.192. The molecular formula is C5H2BrN3O2. The van der Waals surface area contributed by atoms with E-state index < -0.39 is 6.09 Å². The smallest absolute Gasteiger partial charge is 0.432 e. The Balaban J connectivity index is 3.18. The highest BCUT2D eigenvalue weighted by molar-refractivity contribution is 9.10. The Morgan fingerprint density at radius 1 is 1.91 bits per heavy atom. The molecule has 0 bridgehead atoms. The van der Waals surface area contributed by atoms with E-state index in [-0.39, 0.29) is 5.69 Å². The summed E-state index contributed by atoms with van der Waals surface area (Å²) in [4.78, 5) is 10.3. The molecule has 0 spiro atoms. The average Bonchev–Trinajstić information content (AvgIpc) is 2.31. The maximum atomic E-state index is 10.3. The van der Waals surface area contributed by atoms with Gasteiger partial charge >= 0.3 is 6.09 Å². The Morgan fingerprint density at radius 2 is 2.55 bits per heavy atom. The van der Waals surface area contributed by atoms with Crippen molar-refractivity contribution < 1.29 is 9.90 Å². The molecule has 0 aliphatic heterocycles. The van der Waals surface area contributed by atoms with Crippen LogP contribution in [0.2, 0.25) is 0 Å². The molecule has 0 atom stereocenters. The van der Waals surface area contributed by atoms with Gasteiger partial charge in [0.2, 0.25) is 0 Å². The minimum absolute atomic E-state index is 0.0624. The van der Waals surface area contributed by atoms with Crippen molar-refractivity contribution in [3.05, 3.63) is 16.4 Å². The average molecular weight is 216 g/mol. The monoisotopic (exact) mass is 215 g/mol. The molecule has 1 N–H and O–H groups in total. The zero-order valence-corrected chi connectivity index (χ0v) is 6.74. The van der Waals surface area contributed by atoms with E-state index in [2.05, 4.69) is 21.0 Å².